The molecule has 1 fully saturated rings. The highest BCUT2D eigenvalue weighted by atomic mass is 16.3. The van der Waals surface area contributed by atoms with Crippen LogP contribution in [0, 0.1) is 11.3 Å². The normalized spacial score (nSPS) is 21.3. The number of amidine groups is 1. The topological polar surface area (TPSA) is 64.3 Å². The van der Waals surface area contributed by atoms with Crippen LogP contribution in [-0.2, 0) is 0 Å². The number of hydrogen-bond donors (Lipinski definition) is 3. The minimum Gasteiger partial charge on any atom is -0.461 e. The molecule has 4 rings (SSSR count). The Bertz CT molecular complexity index is 717. The van der Waals surface area contributed by atoms with Gasteiger partial charge in [0.25, 0.3) is 0 Å². The van der Waals surface area contributed by atoms with Gasteiger partial charge in [0.05, 0.1) is 6.26 Å². The Morgan fingerprint density at radius 1 is 1.29 bits per heavy atom. The first kappa shape index (κ1) is 15.3. The van der Waals surface area contributed by atoms with Gasteiger partial charge < -0.3 is 20.0 Å². The van der Waals surface area contributed by atoms with Crippen molar-refractivity contribution in [2.45, 2.75) is 18.8 Å². The monoisotopic (exact) mass is 324 g/mol. The van der Waals surface area contributed by atoms with Gasteiger partial charge in [-0.05, 0) is 74.8 Å². The average molecular weight is 324 g/mol. The summed E-state index contributed by atoms with van der Waals surface area (Å²) in [5.74, 6) is 2.17. The Balaban J connectivity index is 1.51. The van der Waals surface area contributed by atoms with E-state index in [2.05, 4.69) is 34.7 Å². The summed E-state index contributed by atoms with van der Waals surface area (Å²) < 4.78 is 5.28. The molecule has 5 heteroatoms. The second-order valence-corrected chi connectivity index (χ2v) is 6.91. The lowest BCUT2D eigenvalue weighted by atomic mass is 9.81. The summed E-state index contributed by atoms with van der Waals surface area (Å²) in [7, 11) is 2.21. The maximum absolute atomic E-state index is 8.12. The third kappa shape index (κ3) is 2.91. The maximum atomic E-state index is 8.12. The summed E-state index contributed by atoms with van der Waals surface area (Å²) in [5.41, 5.74) is 3.59. The van der Waals surface area contributed by atoms with Crippen LogP contribution in [0.25, 0.3) is 0 Å². The lowest BCUT2D eigenvalue weighted by Crippen LogP contribution is -2.33. The Kier molecular flexibility index (Phi) is 4.02. The van der Waals surface area contributed by atoms with E-state index in [9.17, 15) is 0 Å². The fourth-order valence-corrected chi connectivity index (χ4v) is 3.92. The third-order valence-corrected chi connectivity index (χ3v) is 5.33. The van der Waals surface area contributed by atoms with E-state index in [1.54, 1.807) is 18.4 Å². The molecular weight excluding hydrogens is 300 g/mol. The van der Waals surface area contributed by atoms with Gasteiger partial charge in [0.1, 0.15) is 0 Å². The highest BCUT2D eigenvalue weighted by molar-refractivity contribution is 6.04. The Hall–Kier alpha value is -2.27. The van der Waals surface area contributed by atoms with Crippen molar-refractivity contribution in [2.75, 3.05) is 37.3 Å². The Morgan fingerprint density at radius 3 is 2.88 bits per heavy atom. The first-order chi connectivity index (χ1) is 11.7. The molecule has 5 nitrogen and oxygen atoms in total. The lowest BCUT2D eigenvalue weighted by Gasteiger charge is -2.32. The summed E-state index contributed by atoms with van der Waals surface area (Å²) in [6, 6.07) is 9.96. The summed E-state index contributed by atoms with van der Waals surface area (Å²) in [5, 5.41) is 14.8. The second-order valence-electron chi connectivity index (χ2n) is 6.91. The molecule has 3 N–H and O–H groups in total. The van der Waals surface area contributed by atoms with Crippen LogP contribution in [0.4, 0.5) is 11.4 Å². The molecule has 2 aromatic rings. The number of piperidine rings is 1. The van der Waals surface area contributed by atoms with Crippen LogP contribution in [0.3, 0.4) is 0 Å². The van der Waals surface area contributed by atoms with Crippen LogP contribution < -0.4 is 10.6 Å². The minimum atomic E-state index is 0.293. The number of furan rings is 1. The first-order valence-corrected chi connectivity index (χ1v) is 8.66. The molecule has 126 valence electrons. The predicted molar refractivity (Wildman–Crippen MR) is 97.1 cm³/mol. The fourth-order valence-electron chi connectivity index (χ4n) is 3.92. The second kappa shape index (κ2) is 6.32. The molecule has 2 aliphatic heterocycles. The van der Waals surface area contributed by atoms with Crippen LogP contribution >= 0.6 is 0 Å². The Labute approximate surface area is 142 Å². The molecule has 1 atom stereocenters. The molecule has 1 unspecified atom stereocenters. The van der Waals surface area contributed by atoms with E-state index in [-0.39, 0.29) is 0 Å². The lowest BCUT2D eigenvalue weighted by molar-refractivity contribution is 0.202. The van der Waals surface area contributed by atoms with Gasteiger partial charge in [-0.3, -0.25) is 5.41 Å². The van der Waals surface area contributed by atoms with Crippen molar-refractivity contribution in [1.82, 2.24) is 4.90 Å². The summed E-state index contributed by atoms with van der Waals surface area (Å²) >= 11 is 0. The van der Waals surface area contributed by atoms with Gasteiger partial charge in [-0.1, -0.05) is 0 Å². The summed E-state index contributed by atoms with van der Waals surface area (Å²) in [6.07, 6.45) is 4.12. The van der Waals surface area contributed by atoms with Gasteiger partial charge in [0, 0.05) is 23.8 Å². The zero-order valence-electron chi connectivity index (χ0n) is 14.0. The molecule has 0 amide bonds. The van der Waals surface area contributed by atoms with Crippen molar-refractivity contribution < 1.29 is 4.42 Å². The quantitative estimate of drug-likeness (QED) is 0.596. The molecule has 1 saturated heterocycles. The van der Waals surface area contributed by atoms with E-state index in [1.807, 2.05) is 6.07 Å². The van der Waals surface area contributed by atoms with Crippen molar-refractivity contribution in [3.8, 4) is 0 Å². The molecule has 1 aromatic heterocycles. The average Bonchev–Trinajstić information content (AvgIpc) is 3.25. The molecule has 0 saturated carbocycles. The molecule has 3 heterocycles. The zero-order valence-corrected chi connectivity index (χ0v) is 14.0. The number of nitrogens with zero attached hydrogens (tertiary/aromatic N) is 1. The van der Waals surface area contributed by atoms with E-state index in [0.29, 0.717) is 17.5 Å². The van der Waals surface area contributed by atoms with Crippen LogP contribution in [-0.4, -0.2) is 37.4 Å². The van der Waals surface area contributed by atoms with Gasteiger partial charge >= 0.3 is 0 Å². The van der Waals surface area contributed by atoms with Gasteiger partial charge in [-0.15, -0.1) is 0 Å². The number of likely N-dealkylation sites (tertiary alicyclic amines) is 1. The van der Waals surface area contributed by atoms with E-state index in [4.69, 9.17) is 9.83 Å². The van der Waals surface area contributed by atoms with E-state index >= 15 is 0 Å². The van der Waals surface area contributed by atoms with Crippen molar-refractivity contribution in [2.24, 2.45) is 5.92 Å². The SMILES string of the molecule is CN1CCC(C2CNc3ccc(NC(=N)c4ccco4)cc32)CC1. The first-order valence-electron chi connectivity index (χ1n) is 8.66. The molecule has 0 bridgehead atoms. The molecule has 0 aliphatic carbocycles. The van der Waals surface area contributed by atoms with E-state index in [1.165, 1.54) is 37.2 Å². The number of nitrogens with one attached hydrogen (secondary N) is 3. The van der Waals surface area contributed by atoms with Gasteiger partial charge in [0.2, 0.25) is 0 Å². The standard InChI is InChI=1S/C19H24N4O/c1-23-8-6-13(7-9-23)16-12-21-17-5-4-14(11-15(16)17)22-19(20)18-3-2-10-24-18/h2-5,10-11,13,16,21H,6-9,12H2,1H3,(H2,20,22). The van der Waals surface area contributed by atoms with Gasteiger partial charge in [-0.25, -0.2) is 0 Å². The predicted octanol–water partition coefficient (Wildman–Crippen LogP) is 3.57. The maximum Gasteiger partial charge on any atom is 0.168 e. The zero-order chi connectivity index (χ0) is 16.5. The third-order valence-electron chi connectivity index (χ3n) is 5.33. The highest BCUT2D eigenvalue weighted by Gasteiger charge is 2.31. The molecule has 24 heavy (non-hydrogen) atoms. The van der Waals surface area contributed by atoms with E-state index < -0.39 is 0 Å². The largest absolute Gasteiger partial charge is 0.461 e. The molecule has 0 spiro atoms. The van der Waals surface area contributed by atoms with Crippen LogP contribution in [0.1, 0.15) is 30.1 Å². The fraction of sp³-hybridized carbons (Fsp3) is 0.421. The number of fused-ring (bicyclic) bond motifs is 1. The van der Waals surface area contributed by atoms with Crippen LogP contribution in [0.2, 0.25) is 0 Å². The molecular formula is C19H24N4O. The minimum absolute atomic E-state index is 0.293. The molecule has 2 aliphatic rings. The number of hydrogen-bond acceptors (Lipinski definition) is 4. The number of anilines is 2. The molecule has 1 aromatic carbocycles. The highest BCUT2D eigenvalue weighted by Crippen LogP contribution is 2.41. The number of rotatable bonds is 3. The summed E-state index contributed by atoms with van der Waals surface area (Å²) in [6.45, 7) is 3.41. The van der Waals surface area contributed by atoms with Crippen molar-refractivity contribution in [1.29, 1.82) is 5.41 Å². The van der Waals surface area contributed by atoms with Crippen LogP contribution in [0.15, 0.2) is 41.0 Å². The molecule has 0 radical (unpaired) electrons. The van der Waals surface area contributed by atoms with Gasteiger partial charge in [-0.2, -0.15) is 0 Å². The van der Waals surface area contributed by atoms with Crippen molar-refractivity contribution >= 4 is 17.2 Å². The summed E-state index contributed by atoms with van der Waals surface area (Å²) in [4.78, 5) is 2.42. The Morgan fingerprint density at radius 2 is 2.12 bits per heavy atom. The van der Waals surface area contributed by atoms with Gasteiger partial charge in [0.15, 0.2) is 11.6 Å². The van der Waals surface area contributed by atoms with Crippen molar-refractivity contribution in [3.63, 3.8) is 0 Å². The smallest absolute Gasteiger partial charge is 0.168 e. The van der Waals surface area contributed by atoms with E-state index in [0.717, 1.165) is 18.2 Å². The van der Waals surface area contributed by atoms with Crippen LogP contribution in [0.5, 0.6) is 0 Å². The van der Waals surface area contributed by atoms with Crippen molar-refractivity contribution in [3.05, 3.63) is 47.9 Å². The number of benzene rings is 1.